The van der Waals surface area contributed by atoms with E-state index in [9.17, 15) is 0 Å². The number of hydrogen-bond donors (Lipinski definition) is 1. The molecular formula is C11H19N3O. The SMILES string of the molecule is Cc1cc(COC2CCCC2N)n(C)n1. The molecule has 2 unspecified atom stereocenters. The third-order valence-corrected chi connectivity index (χ3v) is 3.05. The van der Waals surface area contributed by atoms with Crippen molar-refractivity contribution in [1.82, 2.24) is 9.78 Å². The summed E-state index contributed by atoms with van der Waals surface area (Å²) in [6.07, 6.45) is 3.61. The van der Waals surface area contributed by atoms with E-state index >= 15 is 0 Å². The summed E-state index contributed by atoms with van der Waals surface area (Å²) in [4.78, 5) is 0. The number of hydrogen-bond acceptors (Lipinski definition) is 3. The van der Waals surface area contributed by atoms with Crippen LogP contribution >= 0.6 is 0 Å². The van der Waals surface area contributed by atoms with Gasteiger partial charge in [-0.05, 0) is 32.3 Å². The summed E-state index contributed by atoms with van der Waals surface area (Å²) < 4.78 is 7.68. The molecule has 0 bridgehead atoms. The van der Waals surface area contributed by atoms with Gasteiger partial charge in [-0.3, -0.25) is 4.68 Å². The van der Waals surface area contributed by atoms with Crippen molar-refractivity contribution >= 4 is 0 Å². The first-order valence-corrected chi connectivity index (χ1v) is 5.53. The topological polar surface area (TPSA) is 53.1 Å². The van der Waals surface area contributed by atoms with Crippen LogP contribution in [0.15, 0.2) is 6.07 Å². The van der Waals surface area contributed by atoms with Gasteiger partial charge < -0.3 is 10.5 Å². The lowest BCUT2D eigenvalue weighted by atomic mass is 10.2. The quantitative estimate of drug-likeness (QED) is 0.811. The standard InChI is InChI=1S/C11H19N3O/c1-8-6-9(14(2)13-8)7-15-11-5-3-4-10(11)12/h6,10-11H,3-5,7,12H2,1-2H3. The Kier molecular flexibility index (Phi) is 3.07. The first-order chi connectivity index (χ1) is 7.16. The van der Waals surface area contributed by atoms with E-state index < -0.39 is 0 Å². The highest BCUT2D eigenvalue weighted by Crippen LogP contribution is 2.21. The van der Waals surface area contributed by atoms with Crippen LogP contribution in [-0.4, -0.2) is 21.9 Å². The van der Waals surface area contributed by atoms with E-state index in [1.807, 2.05) is 18.7 Å². The average molecular weight is 209 g/mol. The Balaban J connectivity index is 1.90. The van der Waals surface area contributed by atoms with Crippen molar-refractivity contribution in [2.45, 2.75) is 44.9 Å². The smallest absolute Gasteiger partial charge is 0.0889 e. The molecule has 4 heteroatoms. The Hall–Kier alpha value is -0.870. The fraction of sp³-hybridized carbons (Fsp3) is 0.727. The molecule has 2 N–H and O–H groups in total. The van der Waals surface area contributed by atoms with Crippen molar-refractivity contribution in [2.75, 3.05) is 0 Å². The highest BCUT2D eigenvalue weighted by Gasteiger charge is 2.24. The van der Waals surface area contributed by atoms with E-state index in [0.717, 1.165) is 24.2 Å². The number of rotatable bonds is 3. The van der Waals surface area contributed by atoms with Gasteiger partial charge in [-0.25, -0.2) is 0 Å². The summed E-state index contributed by atoms with van der Waals surface area (Å²) in [5.41, 5.74) is 8.09. The van der Waals surface area contributed by atoms with Crippen LogP contribution in [0.2, 0.25) is 0 Å². The minimum atomic E-state index is 0.222. The van der Waals surface area contributed by atoms with Crippen molar-refractivity contribution in [2.24, 2.45) is 12.8 Å². The van der Waals surface area contributed by atoms with Crippen molar-refractivity contribution in [3.63, 3.8) is 0 Å². The maximum Gasteiger partial charge on any atom is 0.0889 e. The Morgan fingerprint density at radius 3 is 2.93 bits per heavy atom. The molecule has 0 radical (unpaired) electrons. The molecular weight excluding hydrogens is 190 g/mol. The van der Waals surface area contributed by atoms with Gasteiger partial charge in [-0.1, -0.05) is 0 Å². The second kappa shape index (κ2) is 4.33. The number of aryl methyl sites for hydroxylation is 2. The van der Waals surface area contributed by atoms with Crippen LogP contribution in [0.4, 0.5) is 0 Å². The molecule has 1 aliphatic carbocycles. The lowest BCUT2D eigenvalue weighted by molar-refractivity contribution is 0.0323. The Morgan fingerprint density at radius 2 is 2.40 bits per heavy atom. The second-order valence-corrected chi connectivity index (χ2v) is 4.34. The highest BCUT2D eigenvalue weighted by molar-refractivity contribution is 5.07. The van der Waals surface area contributed by atoms with Crippen LogP contribution in [0, 0.1) is 6.92 Å². The molecule has 1 aliphatic rings. The normalized spacial score (nSPS) is 26.1. The molecule has 0 aliphatic heterocycles. The summed E-state index contributed by atoms with van der Waals surface area (Å²) in [6, 6.07) is 2.28. The molecule has 0 amide bonds. The largest absolute Gasteiger partial charge is 0.370 e. The summed E-state index contributed by atoms with van der Waals surface area (Å²) >= 11 is 0. The first-order valence-electron chi connectivity index (χ1n) is 5.53. The highest BCUT2D eigenvalue weighted by atomic mass is 16.5. The van der Waals surface area contributed by atoms with Crippen LogP contribution in [0.1, 0.15) is 30.7 Å². The molecule has 84 valence electrons. The Morgan fingerprint density at radius 1 is 1.60 bits per heavy atom. The van der Waals surface area contributed by atoms with E-state index in [2.05, 4.69) is 11.2 Å². The van der Waals surface area contributed by atoms with Crippen LogP contribution < -0.4 is 5.73 Å². The first kappa shape index (κ1) is 10.6. The molecule has 2 atom stereocenters. The molecule has 1 heterocycles. The van der Waals surface area contributed by atoms with Gasteiger partial charge in [-0.2, -0.15) is 5.10 Å². The van der Waals surface area contributed by atoms with E-state index in [0.29, 0.717) is 6.61 Å². The Labute approximate surface area is 90.4 Å². The van der Waals surface area contributed by atoms with E-state index in [1.54, 1.807) is 0 Å². The van der Waals surface area contributed by atoms with Gasteiger partial charge in [0, 0.05) is 13.1 Å². The van der Waals surface area contributed by atoms with Gasteiger partial charge in [-0.15, -0.1) is 0 Å². The van der Waals surface area contributed by atoms with Gasteiger partial charge in [0.25, 0.3) is 0 Å². The number of aromatic nitrogens is 2. The average Bonchev–Trinajstić information content (AvgIpc) is 2.70. The number of nitrogens with two attached hydrogens (primary N) is 1. The zero-order chi connectivity index (χ0) is 10.8. The maximum absolute atomic E-state index is 5.94. The molecule has 0 spiro atoms. The molecule has 1 aromatic rings. The van der Waals surface area contributed by atoms with Gasteiger partial charge in [0.05, 0.1) is 24.1 Å². The molecule has 0 aromatic carbocycles. The monoisotopic (exact) mass is 209 g/mol. The fourth-order valence-electron chi connectivity index (χ4n) is 2.15. The zero-order valence-corrected chi connectivity index (χ0v) is 9.44. The number of ether oxygens (including phenoxy) is 1. The zero-order valence-electron chi connectivity index (χ0n) is 9.44. The van der Waals surface area contributed by atoms with Gasteiger partial charge >= 0.3 is 0 Å². The van der Waals surface area contributed by atoms with E-state index in [4.69, 9.17) is 10.5 Å². The summed E-state index contributed by atoms with van der Waals surface area (Å²) in [5.74, 6) is 0. The summed E-state index contributed by atoms with van der Waals surface area (Å²) in [5, 5.41) is 4.28. The molecule has 4 nitrogen and oxygen atoms in total. The Bertz CT molecular complexity index is 335. The number of nitrogens with zero attached hydrogens (tertiary/aromatic N) is 2. The van der Waals surface area contributed by atoms with Crippen molar-refractivity contribution in [3.8, 4) is 0 Å². The minimum Gasteiger partial charge on any atom is -0.370 e. The second-order valence-electron chi connectivity index (χ2n) is 4.34. The summed E-state index contributed by atoms with van der Waals surface area (Å²) in [6.45, 7) is 2.61. The van der Waals surface area contributed by atoms with Gasteiger partial charge in [0.15, 0.2) is 0 Å². The van der Waals surface area contributed by atoms with Crippen molar-refractivity contribution in [3.05, 3.63) is 17.5 Å². The van der Waals surface area contributed by atoms with Crippen molar-refractivity contribution in [1.29, 1.82) is 0 Å². The lowest BCUT2D eigenvalue weighted by Gasteiger charge is -2.16. The van der Waals surface area contributed by atoms with Crippen LogP contribution in [0.3, 0.4) is 0 Å². The summed E-state index contributed by atoms with van der Waals surface area (Å²) in [7, 11) is 1.94. The molecule has 2 rings (SSSR count). The predicted molar refractivity (Wildman–Crippen MR) is 58.3 cm³/mol. The van der Waals surface area contributed by atoms with Gasteiger partial charge in [0.1, 0.15) is 0 Å². The fourth-order valence-corrected chi connectivity index (χ4v) is 2.15. The molecule has 15 heavy (non-hydrogen) atoms. The van der Waals surface area contributed by atoms with E-state index in [-0.39, 0.29) is 12.1 Å². The van der Waals surface area contributed by atoms with Crippen LogP contribution in [-0.2, 0) is 18.4 Å². The van der Waals surface area contributed by atoms with Crippen LogP contribution in [0.25, 0.3) is 0 Å². The minimum absolute atomic E-state index is 0.222. The predicted octanol–water partition coefficient (Wildman–Crippen LogP) is 1.12. The van der Waals surface area contributed by atoms with E-state index in [1.165, 1.54) is 6.42 Å². The van der Waals surface area contributed by atoms with Gasteiger partial charge in [0.2, 0.25) is 0 Å². The van der Waals surface area contributed by atoms with Crippen LogP contribution in [0.5, 0.6) is 0 Å². The molecule has 0 saturated heterocycles. The third kappa shape index (κ3) is 2.38. The maximum atomic E-state index is 5.94. The molecule has 1 fully saturated rings. The third-order valence-electron chi connectivity index (χ3n) is 3.05. The molecule has 1 saturated carbocycles. The lowest BCUT2D eigenvalue weighted by Crippen LogP contribution is -2.31. The molecule has 1 aromatic heterocycles. The van der Waals surface area contributed by atoms with Crippen molar-refractivity contribution < 1.29 is 4.74 Å².